The topological polar surface area (TPSA) is 67.2 Å². The minimum Gasteiger partial charge on any atom is -0.473 e. The lowest BCUT2D eigenvalue weighted by molar-refractivity contribution is -0.636. The van der Waals surface area contributed by atoms with Crippen molar-refractivity contribution in [2.75, 3.05) is 5.84 Å². The number of carbonyl (C=O) groups is 1. The highest BCUT2D eigenvalue weighted by molar-refractivity contribution is 7.11. The Hall–Kier alpha value is -1.10. The summed E-state index contributed by atoms with van der Waals surface area (Å²) in [6.45, 7) is 0. The van der Waals surface area contributed by atoms with Crippen molar-refractivity contribution >= 4 is 17.3 Å². The van der Waals surface area contributed by atoms with Crippen LogP contribution in [0.25, 0.3) is 0 Å². The maximum absolute atomic E-state index is 10.2. The number of carboxylic acid groups (broad SMARTS) is 1. The van der Waals surface area contributed by atoms with Crippen LogP contribution in [-0.4, -0.2) is 11.1 Å². The van der Waals surface area contributed by atoms with Crippen LogP contribution in [-0.2, 0) is 0 Å². The number of rotatable bonds is 1. The van der Waals surface area contributed by atoms with E-state index in [0.717, 1.165) is 16.0 Å². The van der Waals surface area contributed by atoms with Crippen LogP contribution in [0.3, 0.4) is 0 Å². The molecule has 0 aliphatic rings. The Morgan fingerprint density at radius 1 is 1.89 bits per heavy atom. The Balaban J connectivity index is 3.08. The van der Waals surface area contributed by atoms with Crippen molar-refractivity contribution in [3.63, 3.8) is 0 Å². The van der Waals surface area contributed by atoms with Crippen LogP contribution in [0.2, 0.25) is 0 Å². The molecule has 5 heteroatoms. The molecule has 1 aromatic heterocycles. The normalized spacial score (nSPS) is 9.33. The number of aromatic nitrogens is 1. The fourth-order valence-electron chi connectivity index (χ4n) is 0.450. The van der Waals surface area contributed by atoms with E-state index in [9.17, 15) is 4.79 Å². The molecule has 0 amide bonds. The number of nitrogen functional groups attached to an aromatic ring is 1. The monoisotopic (exact) mass is 145 g/mol. The van der Waals surface area contributed by atoms with Crippen molar-refractivity contribution in [1.29, 1.82) is 0 Å². The first kappa shape index (κ1) is 6.03. The van der Waals surface area contributed by atoms with Crippen molar-refractivity contribution in [2.24, 2.45) is 0 Å². The number of hydrogen-bond donors (Lipinski definition) is 2. The zero-order chi connectivity index (χ0) is 6.85. The van der Waals surface area contributed by atoms with Gasteiger partial charge in [-0.2, -0.15) is 0 Å². The second-order valence-corrected chi connectivity index (χ2v) is 2.32. The SMILES string of the molecule is N[n+]1ccsc1C(=O)O. The van der Waals surface area contributed by atoms with Gasteiger partial charge in [-0.25, -0.2) is 10.6 Å². The molecule has 0 aromatic carbocycles. The van der Waals surface area contributed by atoms with Gasteiger partial charge < -0.3 is 5.11 Å². The van der Waals surface area contributed by atoms with Crippen LogP contribution in [0.4, 0.5) is 0 Å². The third-order valence-electron chi connectivity index (χ3n) is 0.819. The lowest BCUT2D eigenvalue weighted by Gasteiger charge is -1.79. The molecule has 3 N–H and O–H groups in total. The summed E-state index contributed by atoms with van der Waals surface area (Å²) < 4.78 is 1.08. The quantitative estimate of drug-likeness (QED) is 0.411. The van der Waals surface area contributed by atoms with Crippen molar-refractivity contribution in [3.8, 4) is 0 Å². The zero-order valence-electron chi connectivity index (χ0n) is 4.44. The molecule has 9 heavy (non-hydrogen) atoms. The minimum absolute atomic E-state index is 0.134. The molecule has 1 aromatic rings. The molecular formula is C4H5N2O2S+. The number of hydrogen-bond acceptors (Lipinski definition) is 3. The summed E-state index contributed by atoms with van der Waals surface area (Å²) in [5, 5.41) is 10.1. The van der Waals surface area contributed by atoms with Crippen LogP contribution in [0, 0.1) is 0 Å². The van der Waals surface area contributed by atoms with E-state index in [4.69, 9.17) is 10.9 Å². The molecule has 0 spiro atoms. The minimum atomic E-state index is -0.993. The Bertz CT molecular complexity index is 232. The predicted molar refractivity (Wildman–Crippen MR) is 31.6 cm³/mol. The molecule has 0 radical (unpaired) electrons. The fraction of sp³-hybridized carbons (Fsp3) is 0. The van der Waals surface area contributed by atoms with Crippen molar-refractivity contribution in [3.05, 3.63) is 16.6 Å². The highest BCUT2D eigenvalue weighted by Crippen LogP contribution is 1.98. The Kier molecular flexibility index (Phi) is 1.35. The molecule has 0 saturated carbocycles. The van der Waals surface area contributed by atoms with E-state index in [1.54, 1.807) is 5.38 Å². The second-order valence-electron chi connectivity index (χ2n) is 1.42. The number of thiazole rings is 1. The molecular weight excluding hydrogens is 140 g/mol. The Morgan fingerprint density at radius 2 is 2.56 bits per heavy atom. The van der Waals surface area contributed by atoms with E-state index in [-0.39, 0.29) is 5.01 Å². The maximum atomic E-state index is 10.2. The highest BCUT2D eigenvalue weighted by atomic mass is 32.1. The summed E-state index contributed by atoms with van der Waals surface area (Å²) in [6.07, 6.45) is 1.49. The summed E-state index contributed by atoms with van der Waals surface area (Å²) in [5.74, 6) is 4.19. The smallest absolute Gasteiger partial charge is 0.415 e. The van der Waals surface area contributed by atoms with Gasteiger partial charge in [-0.05, 0) is 0 Å². The van der Waals surface area contributed by atoms with Gasteiger partial charge in [0.25, 0.3) is 0 Å². The molecule has 4 nitrogen and oxygen atoms in total. The van der Waals surface area contributed by atoms with Crippen LogP contribution in [0.15, 0.2) is 11.6 Å². The van der Waals surface area contributed by atoms with Crippen LogP contribution in [0.5, 0.6) is 0 Å². The molecule has 0 saturated heterocycles. The fourth-order valence-corrected chi connectivity index (χ4v) is 1.05. The van der Waals surface area contributed by atoms with Crippen molar-refractivity contribution in [1.82, 2.24) is 0 Å². The van der Waals surface area contributed by atoms with E-state index >= 15 is 0 Å². The highest BCUT2D eigenvalue weighted by Gasteiger charge is 2.17. The summed E-state index contributed by atoms with van der Waals surface area (Å²) in [7, 11) is 0. The predicted octanol–water partition coefficient (Wildman–Crippen LogP) is -0.552. The zero-order valence-corrected chi connectivity index (χ0v) is 5.26. The maximum Gasteiger partial charge on any atom is 0.415 e. The first-order valence-electron chi connectivity index (χ1n) is 2.19. The summed E-state index contributed by atoms with van der Waals surface area (Å²) in [5.41, 5.74) is 0. The number of nitrogens with two attached hydrogens (primary N) is 1. The van der Waals surface area contributed by atoms with Crippen molar-refractivity contribution in [2.45, 2.75) is 0 Å². The van der Waals surface area contributed by atoms with E-state index < -0.39 is 5.97 Å². The van der Waals surface area contributed by atoms with Gasteiger partial charge in [0.15, 0.2) is 0 Å². The molecule has 0 bridgehead atoms. The van der Waals surface area contributed by atoms with Crippen molar-refractivity contribution < 1.29 is 14.6 Å². The average Bonchev–Trinajstić information content (AvgIpc) is 2.13. The van der Waals surface area contributed by atoms with Crippen LogP contribution in [0.1, 0.15) is 9.80 Å². The number of aromatic carboxylic acids is 1. The molecule has 48 valence electrons. The van der Waals surface area contributed by atoms with Gasteiger partial charge in [-0.1, -0.05) is 16.0 Å². The summed E-state index contributed by atoms with van der Waals surface area (Å²) in [4.78, 5) is 10.2. The number of carboxylic acids is 1. The molecule has 0 unspecified atom stereocenters. The average molecular weight is 145 g/mol. The molecule has 0 fully saturated rings. The Labute approximate surface area is 55.1 Å². The largest absolute Gasteiger partial charge is 0.473 e. The Morgan fingerprint density at radius 3 is 2.78 bits per heavy atom. The van der Waals surface area contributed by atoms with Gasteiger partial charge >= 0.3 is 11.0 Å². The second kappa shape index (κ2) is 2.02. The summed E-state index contributed by atoms with van der Waals surface area (Å²) in [6, 6.07) is 0. The van der Waals surface area contributed by atoms with E-state index in [0.29, 0.717) is 0 Å². The van der Waals surface area contributed by atoms with Gasteiger partial charge in [-0.15, -0.1) is 0 Å². The van der Waals surface area contributed by atoms with Crippen LogP contribution >= 0.6 is 11.3 Å². The molecule has 0 atom stereocenters. The molecule has 1 rings (SSSR count). The summed E-state index contributed by atoms with van der Waals surface area (Å²) >= 11 is 1.10. The van der Waals surface area contributed by atoms with Gasteiger partial charge in [0, 0.05) is 0 Å². The van der Waals surface area contributed by atoms with Gasteiger partial charge in [0.1, 0.15) is 0 Å². The first-order chi connectivity index (χ1) is 4.22. The van der Waals surface area contributed by atoms with E-state index in [1.165, 1.54) is 6.20 Å². The lowest BCUT2D eigenvalue weighted by Crippen LogP contribution is -2.46. The van der Waals surface area contributed by atoms with Crippen LogP contribution < -0.4 is 10.5 Å². The van der Waals surface area contributed by atoms with E-state index in [1.807, 2.05) is 0 Å². The third kappa shape index (κ3) is 0.996. The first-order valence-corrected chi connectivity index (χ1v) is 3.07. The standard InChI is InChI=1S/C4H4N2O2S/c5-6-1-2-9-3(6)4(7)8/h1-2H,5H2/p+1. The number of nitrogens with zero attached hydrogens (tertiary/aromatic N) is 1. The van der Waals surface area contributed by atoms with Gasteiger partial charge in [0.05, 0.1) is 5.38 Å². The molecule has 0 aliphatic carbocycles. The lowest BCUT2D eigenvalue weighted by atomic mass is 10.7. The molecule has 1 heterocycles. The van der Waals surface area contributed by atoms with Gasteiger partial charge in [0.2, 0.25) is 6.20 Å². The third-order valence-corrected chi connectivity index (χ3v) is 1.69. The van der Waals surface area contributed by atoms with Gasteiger partial charge in [-0.3, -0.25) is 0 Å². The van der Waals surface area contributed by atoms with E-state index in [2.05, 4.69) is 0 Å². The molecule has 0 aliphatic heterocycles.